The lowest BCUT2D eigenvalue weighted by molar-refractivity contribution is 0.431. The van der Waals surface area contributed by atoms with Crippen molar-refractivity contribution in [3.63, 3.8) is 0 Å². The van der Waals surface area contributed by atoms with E-state index in [1.165, 1.54) is 5.57 Å². The number of hydrogen-bond donors (Lipinski definition) is 1. The Morgan fingerprint density at radius 1 is 1.26 bits per heavy atom. The molecule has 0 bridgehead atoms. The fraction of sp³-hybridized carbons (Fsp3) is 0.429. The van der Waals surface area contributed by atoms with E-state index in [-0.39, 0.29) is 0 Å². The van der Waals surface area contributed by atoms with Crippen LogP contribution in [0.3, 0.4) is 0 Å². The van der Waals surface area contributed by atoms with Gasteiger partial charge in [-0.1, -0.05) is 11.6 Å². The summed E-state index contributed by atoms with van der Waals surface area (Å²) in [6, 6.07) is 5.40. The summed E-state index contributed by atoms with van der Waals surface area (Å²) in [5, 5.41) is 3.25. The molecular formula is C14H18N2O2S. The Bertz CT molecular complexity index is 635. The summed E-state index contributed by atoms with van der Waals surface area (Å²) in [6.45, 7) is 4.01. The maximum absolute atomic E-state index is 12.6. The van der Waals surface area contributed by atoms with Crippen LogP contribution in [0.1, 0.15) is 18.9 Å². The molecule has 19 heavy (non-hydrogen) atoms. The van der Waals surface area contributed by atoms with E-state index in [4.69, 9.17) is 0 Å². The van der Waals surface area contributed by atoms with E-state index < -0.39 is 10.0 Å². The molecule has 3 rings (SSSR count). The van der Waals surface area contributed by atoms with Crippen molar-refractivity contribution in [2.45, 2.75) is 24.7 Å². The Labute approximate surface area is 114 Å². The predicted octanol–water partition coefficient (Wildman–Crippen LogP) is 2.00. The van der Waals surface area contributed by atoms with Crippen molar-refractivity contribution in [2.24, 2.45) is 0 Å². The van der Waals surface area contributed by atoms with Gasteiger partial charge >= 0.3 is 0 Å². The maximum Gasteiger partial charge on any atom is 0.243 e. The van der Waals surface area contributed by atoms with Crippen LogP contribution in [0, 0.1) is 0 Å². The summed E-state index contributed by atoms with van der Waals surface area (Å²) in [7, 11) is -3.35. The van der Waals surface area contributed by atoms with Crippen molar-refractivity contribution < 1.29 is 8.42 Å². The van der Waals surface area contributed by atoms with Crippen molar-refractivity contribution in [3.05, 3.63) is 35.4 Å². The number of fused-ring (bicyclic) bond motifs is 1. The van der Waals surface area contributed by atoms with Crippen LogP contribution in [0.25, 0.3) is 0 Å². The van der Waals surface area contributed by atoms with E-state index >= 15 is 0 Å². The lowest BCUT2D eigenvalue weighted by atomic mass is 10.1. The molecule has 2 aliphatic heterocycles. The number of nitrogens with one attached hydrogen (secondary N) is 1. The van der Waals surface area contributed by atoms with E-state index in [1.54, 1.807) is 10.4 Å². The number of anilines is 1. The van der Waals surface area contributed by atoms with Crippen LogP contribution in [0.2, 0.25) is 0 Å². The lowest BCUT2D eigenvalue weighted by Crippen LogP contribution is -2.34. The number of benzene rings is 1. The SMILES string of the molecule is CC1=CCN(S(=O)(=O)c2ccc3c(c2)CCN3)CC1. The second-order valence-electron chi connectivity index (χ2n) is 5.16. The third-order valence-corrected chi connectivity index (χ3v) is 5.68. The first-order valence-electron chi connectivity index (χ1n) is 6.60. The third kappa shape index (κ3) is 2.28. The molecule has 5 heteroatoms. The molecule has 0 amide bonds. The van der Waals surface area contributed by atoms with E-state index in [0.29, 0.717) is 18.0 Å². The van der Waals surface area contributed by atoms with Crippen LogP contribution < -0.4 is 5.32 Å². The van der Waals surface area contributed by atoms with Crippen molar-refractivity contribution >= 4 is 15.7 Å². The highest BCUT2D eigenvalue weighted by molar-refractivity contribution is 7.89. The summed E-state index contributed by atoms with van der Waals surface area (Å²) >= 11 is 0. The standard InChI is InChI=1S/C14H18N2O2S/c1-11-5-8-16(9-6-11)19(17,18)13-2-3-14-12(10-13)4-7-15-14/h2-3,5,10,15H,4,6-9H2,1H3. The van der Waals surface area contributed by atoms with Gasteiger partial charge in [0.15, 0.2) is 0 Å². The van der Waals surface area contributed by atoms with E-state index in [1.807, 2.05) is 25.1 Å². The highest BCUT2D eigenvalue weighted by atomic mass is 32.2. The highest BCUT2D eigenvalue weighted by Gasteiger charge is 2.26. The third-order valence-electron chi connectivity index (χ3n) is 3.82. The first kappa shape index (κ1) is 12.7. The summed E-state index contributed by atoms with van der Waals surface area (Å²) in [4.78, 5) is 0.419. The molecule has 0 atom stereocenters. The van der Waals surface area contributed by atoms with Gasteiger partial charge in [-0.2, -0.15) is 4.31 Å². The van der Waals surface area contributed by atoms with Crippen LogP contribution in [-0.4, -0.2) is 32.4 Å². The smallest absolute Gasteiger partial charge is 0.243 e. The Morgan fingerprint density at radius 3 is 2.84 bits per heavy atom. The topological polar surface area (TPSA) is 49.4 Å². The monoisotopic (exact) mass is 278 g/mol. The van der Waals surface area contributed by atoms with Crippen molar-refractivity contribution in [1.82, 2.24) is 4.31 Å². The Morgan fingerprint density at radius 2 is 2.11 bits per heavy atom. The minimum Gasteiger partial charge on any atom is -0.384 e. The Kier molecular flexibility index (Phi) is 3.11. The van der Waals surface area contributed by atoms with Gasteiger partial charge in [0.1, 0.15) is 0 Å². The van der Waals surface area contributed by atoms with Gasteiger partial charge in [-0.15, -0.1) is 0 Å². The van der Waals surface area contributed by atoms with Gasteiger partial charge in [0.25, 0.3) is 0 Å². The van der Waals surface area contributed by atoms with Crippen molar-refractivity contribution in [1.29, 1.82) is 0 Å². The van der Waals surface area contributed by atoms with E-state index in [2.05, 4.69) is 5.32 Å². The normalized spacial score (nSPS) is 19.7. The van der Waals surface area contributed by atoms with Gasteiger partial charge in [-0.3, -0.25) is 0 Å². The average molecular weight is 278 g/mol. The van der Waals surface area contributed by atoms with Crippen LogP contribution in [-0.2, 0) is 16.4 Å². The van der Waals surface area contributed by atoms with Crippen molar-refractivity contribution in [3.8, 4) is 0 Å². The van der Waals surface area contributed by atoms with Crippen LogP contribution >= 0.6 is 0 Å². The van der Waals surface area contributed by atoms with Gasteiger partial charge in [0.2, 0.25) is 10.0 Å². The molecule has 0 radical (unpaired) electrons. The Hall–Kier alpha value is -1.33. The molecule has 0 saturated heterocycles. The molecule has 0 saturated carbocycles. The van der Waals surface area contributed by atoms with Gasteiger partial charge in [-0.05, 0) is 43.5 Å². The molecule has 1 N–H and O–H groups in total. The zero-order chi connectivity index (χ0) is 13.5. The van der Waals surface area contributed by atoms with E-state index in [0.717, 1.165) is 30.6 Å². The fourth-order valence-corrected chi connectivity index (χ4v) is 3.99. The van der Waals surface area contributed by atoms with Crippen molar-refractivity contribution in [2.75, 3.05) is 25.0 Å². The first-order valence-corrected chi connectivity index (χ1v) is 8.04. The molecule has 0 fully saturated rings. The number of hydrogen-bond acceptors (Lipinski definition) is 3. The molecule has 102 valence electrons. The number of sulfonamides is 1. The Balaban J connectivity index is 1.92. The molecule has 2 aliphatic rings. The zero-order valence-corrected chi connectivity index (χ0v) is 11.8. The predicted molar refractivity (Wildman–Crippen MR) is 75.8 cm³/mol. The lowest BCUT2D eigenvalue weighted by Gasteiger charge is -2.25. The largest absolute Gasteiger partial charge is 0.384 e. The molecule has 2 heterocycles. The van der Waals surface area contributed by atoms with Gasteiger partial charge in [-0.25, -0.2) is 8.42 Å². The molecule has 0 aromatic heterocycles. The van der Waals surface area contributed by atoms with Crippen LogP contribution in [0.4, 0.5) is 5.69 Å². The second kappa shape index (κ2) is 4.65. The molecule has 1 aromatic rings. The maximum atomic E-state index is 12.6. The zero-order valence-electron chi connectivity index (χ0n) is 11.0. The summed E-state index contributed by atoms with van der Waals surface area (Å²) in [6.07, 6.45) is 3.72. The van der Waals surface area contributed by atoms with E-state index in [9.17, 15) is 8.42 Å². The van der Waals surface area contributed by atoms with Gasteiger partial charge in [0.05, 0.1) is 4.90 Å². The number of rotatable bonds is 2. The minimum atomic E-state index is -3.35. The second-order valence-corrected chi connectivity index (χ2v) is 7.10. The number of nitrogens with zero attached hydrogens (tertiary/aromatic N) is 1. The quantitative estimate of drug-likeness (QED) is 0.842. The molecule has 4 nitrogen and oxygen atoms in total. The molecule has 0 spiro atoms. The minimum absolute atomic E-state index is 0.419. The van der Waals surface area contributed by atoms with Gasteiger partial charge in [0, 0.05) is 25.3 Å². The summed E-state index contributed by atoms with van der Waals surface area (Å²) in [5.74, 6) is 0. The van der Waals surface area contributed by atoms with Crippen LogP contribution in [0.5, 0.6) is 0 Å². The summed E-state index contributed by atoms with van der Waals surface area (Å²) < 4.78 is 26.7. The first-order chi connectivity index (χ1) is 9.07. The summed E-state index contributed by atoms with van der Waals surface area (Å²) in [5.41, 5.74) is 3.43. The molecule has 1 aromatic carbocycles. The highest BCUT2D eigenvalue weighted by Crippen LogP contribution is 2.27. The molecule has 0 aliphatic carbocycles. The van der Waals surface area contributed by atoms with Crippen LogP contribution in [0.15, 0.2) is 34.7 Å². The average Bonchev–Trinajstić information content (AvgIpc) is 2.86. The fourth-order valence-electron chi connectivity index (χ4n) is 2.56. The molecular weight excluding hydrogens is 260 g/mol. The van der Waals surface area contributed by atoms with Gasteiger partial charge < -0.3 is 5.32 Å². The molecule has 0 unspecified atom stereocenters.